The highest BCUT2D eigenvalue weighted by Crippen LogP contribution is 2.30. The molecule has 0 bridgehead atoms. The van der Waals surface area contributed by atoms with Crippen molar-refractivity contribution < 1.29 is 9.90 Å². The average molecular weight is 297 g/mol. The van der Waals surface area contributed by atoms with Gasteiger partial charge in [0.2, 0.25) is 0 Å². The third kappa shape index (κ3) is 3.25. The molecule has 0 saturated carbocycles. The Hall–Kier alpha value is -1.26. The summed E-state index contributed by atoms with van der Waals surface area (Å²) in [5.41, 5.74) is 1.18. The van der Waals surface area contributed by atoms with Crippen molar-refractivity contribution in [1.82, 2.24) is 4.90 Å². The van der Waals surface area contributed by atoms with Crippen LogP contribution in [-0.4, -0.2) is 48.7 Å². The number of carboxylic acids is 1. The van der Waals surface area contributed by atoms with Crippen LogP contribution in [0.3, 0.4) is 0 Å². The van der Waals surface area contributed by atoms with E-state index in [1.54, 1.807) is 12.1 Å². The molecule has 0 spiro atoms. The van der Waals surface area contributed by atoms with E-state index in [1.807, 2.05) is 6.07 Å². The molecule has 0 amide bonds. The van der Waals surface area contributed by atoms with Crippen LogP contribution in [0.25, 0.3) is 0 Å². The zero-order valence-corrected chi connectivity index (χ0v) is 12.7. The van der Waals surface area contributed by atoms with Crippen LogP contribution < -0.4 is 4.90 Å². The van der Waals surface area contributed by atoms with Crippen LogP contribution in [0, 0.1) is 0 Å². The lowest BCUT2D eigenvalue weighted by Gasteiger charge is -2.33. The van der Waals surface area contributed by atoms with E-state index >= 15 is 0 Å². The molecule has 0 aliphatic carbocycles. The fourth-order valence-corrected chi connectivity index (χ4v) is 3.07. The highest BCUT2D eigenvalue weighted by atomic mass is 35.5. The van der Waals surface area contributed by atoms with Crippen LogP contribution in [0.2, 0.25) is 5.02 Å². The molecule has 1 unspecified atom stereocenters. The van der Waals surface area contributed by atoms with Gasteiger partial charge in [0.05, 0.1) is 16.3 Å². The Morgan fingerprint density at radius 1 is 1.45 bits per heavy atom. The summed E-state index contributed by atoms with van der Waals surface area (Å²) in [7, 11) is 2.14. The minimum Gasteiger partial charge on any atom is -0.478 e. The van der Waals surface area contributed by atoms with Gasteiger partial charge in [-0.05, 0) is 44.6 Å². The Bertz CT molecular complexity index is 493. The number of hydrogen-bond acceptors (Lipinski definition) is 3. The monoisotopic (exact) mass is 296 g/mol. The lowest BCUT2D eigenvalue weighted by molar-refractivity contribution is 0.0697. The fraction of sp³-hybridized carbons (Fsp3) is 0.533. The first-order valence-electron chi connectivity index (χ1n) is 7.01. The second-order valence-electron chi connectivity index (χ2n) is 5.34. The third-order valence-electron chi connectivity index (χ3n) is 3.88. The first kappa shape index (κ1) is 15.1. The third-order valence-corrected chi connectivity index (χ3v) is 4.18. The van der Waals surface area contributed by atoms with Crippen LogP contribution in [0.4, 0.5) is 5.69 Å². The lowest BCUT2D eigenvalue weighted by atomic mass is 10.1. The maximum atomic E-state index is 11.0. The molecule has 1 heterocycles. The number of aromatic carboxylic acids is 1. The van der Waals surface area contributed by atoms with Crippen LogP contribution in [-0.2, 0) is 0 Å². The van der Waals surface area contributed by atoms with E-state index in [-0.39, 0.29) is 5.56 Å². The molecule has 4 nitrogen and oxygen atoms in total. The molecular formula is C15H21ClN2O2. The van der Waals surface area contributed by atoms with Gasteiger partial charge in [0, 0.05) is 19.1 Å². The number of likely N-dealkylation sites (N-methyl/N-ethyl adjacent to an activating group) is 1. The maximum Gasteiger partial charge on any atom is 0.335 e. The molecule has 20 heavy (non-hydrogen) atoms. The zero-order chi connectivity index (χ0) is 14.7. The second kappa shape index (κ2) is 6.46. The van der Waals surface area contributed by atoms with E-state index in [1.165, 1.54) is 0 Å². The quantitative estimate of drug-likeness (QED) is 0.931. The Labute approximate surface area is 124 Å². The maximum absolute atomic E-state index is 11.0. The van der Waals surface area contributed by atoms with E-state index in [9.17, 15) is 4.79 Å². The van der Waals surface area contributed by atoms with E-state index in [2.05, 4.69) is 23.8 Å². The summed E-state index contributed by atoms with van der Waals surface area (Å²) in [5, 5.41) is 9.53. The molecule has 110 valence electrons. The molecule has 0 radical (unpaired) electrons. The van der Waals surface area contributed by atoms with Crippen molar-refractivity contribution >= 4 is 23.3 Å². The predicted molar refractivity (Wildman–Crippen MR) is 82.0 cm³/mol. The topological polar surface area (TPSA) is 43.8 Å². The van der Waals surface area contributed by atoms with Gasteiger partial charge in [-0.1, -0.05) is 18.5 Å². The summed E-state index contributed by atoms with van der Waals surface area (Å²) in [4.78, 5) is 15.6. The van der Waals surface area contributed by atoms with Crippen molar-refractivity contribution in [2.75, 3.05) is 31.6 Å². The fourth-order valence-electron chi connectivity index (χ4n) is 2.78. The molecule has 5 heteroatoms. The lowest BCUT2D eigenvalue weighted by Crippen LogP contribution is -2.40. The van der Waals surface area contributed by atoms with Crippen LogP contribution >= 0.6 is 11.6 Å². The normalized spacial score (nSPS) is 20.8. The zero-order valence-electron chi connectivity index (χ0n) is 12.0. The highest BCUT2D eigenvalue weighted by molar-refractivity contribution is 6.33. The van der Waals surface area contributed by atoms with E-state index in [4.69, 9.17) is 16.7 Å². The molecule has 1 atom stereocenters. The minimum atomic E-state index is -0.943. The number of halogens is 1. The van der Waals surface area contributed by atoms with Crippen molar-refractivity contribution in [3.8, 4) is 0 Å². The summed E-state index contributed by atoms with van der Waals surface area (Å²) in [6.07, 6.45) is 2.13. The van der Waals surface area contributed by atoms with Gasteiger partial charge in [0.15, 0.2) is 0 Å². The van der Waals surface area contributed by atoms with Gasteiger partial charge in [-0.15, -0.1) is 0 Å². The molecule has 1 saturated heterocycles. The van der Waals surface area contributed by atoms with Crippen molar-refractivity contribution in [3.05, 3.63) is 28.8 Å². The van der Waals surface area contributed by atoms with Crippen LogP contribution in [0.5, 0.6) is 0 Å². The smallest absolute Gasteiger partial charge is 0.335 e. The number of carbonyl (C=O) groups is 1. The van der Waals surface area contributed by atoms with Crippen molar-refractivity contribution in [3.63, 3.8) is 0 Å². The summed E-state index contributed by atoms with van der Waals surface area (Å²) in [5.74, 6) is -0.943. The Morgan fingerprint density at radius 2 is 2.20 bits per heavy atom. The molecule has 1 aliphatic heterocycles. The van der Waals surface area contributed by atoms with E-state index in [0.717, 1.165) is 38.2 Å². The van der Waals surface area contributed by atoms with Crippen LogP contribution in [0.15, 0.2) is 18.2 Å². The standard InChI is InChI=1S/C15H21ClN2O2/c1-3-12-10-17(2)7-4-8-18(12)14-6-5-11(15(19)20)9-13(14)16/h5-6,9,12H,3-4,7-8,10H2,1-2H3,(H,19,20). The summed E-state index contributed by atoms with van der Waals surface area (Å²) in [6, 6.07) is 5.42. The van der Waals surface area contributed by atoms with Gasteiger partial charge in [-0.3, -0.25) is 0 Å². The number of hydrogen-bond donors (Lipinski definition) is 1. The molecular weight excluding hydrogens is 276 g/mol. The molecule has 1 aromatic carbocycles. The highest BCUT2D eigenvalue weighted by Gasteiger charge is 2.24. The number of benzene rings is 1. The summed E-state index contributed by atoms with van der Waals surface area (Å²) < 4.78 is 0. The largest absolute Gasteiger partial charge is 0.478 e. The van der Waals surface area contributed by atoms with Gasteiger partial charge in [-0.25, -0.2) is 4.79 Å². The first-order chi connectivity index (χ1) is 9.52. The van der Waals surface area contributed by atoms with Gasteiger partial charge in [0.25, 0.3) is 0 Å². The predicted octanol–water partition coefficient (Wildman–Crippen LogP) is 2.96. The Balaban J connectivity index is 2.30. The molecule has 1 aliphatic rings. The summed E-state index contributed by atoms with van der Waals surface area (Å²) >= 11 is 6.30. The van der Waals surface area contributed by atoms with E-state index in [0.29, 0.717) is 11.1 Å². The Morgan fingerprint density at radius 3 is 2.80 bits per heavy atom. The van der Waals surface area contributed by atoms with Crippen molar-refractivity contribution in [1.29, 1.82) is 0 Å². The van der Waals surface area contributed by atoms with E-state index < -0.39 is 5.97 Å². The molecule has 2 rings (SSSR count). The van der Waals surface area contributed by atoms with Crippen molar-refractivity contribution in [2.45, 2.75) is 25.8 Å². The van der Waals surface area contributed by atoms with Crippen LogP contribution in [0.1, 0.15) is 30.1 Å². The summed E-state index contributed by atoms with van der Waals surface area (Å²) in [6.45, 7) is 5.22. The van der Waals surface area contributed by atoms with Gasteiger partial charge >= 0.3 is 5.97 Å². The van der Waals surface area contributed by atoms with Gasteiger partial charge in [0.1, 0.15) is 0 Å². The SMILES string of the molecule is CCC1CN(C)CCCN1c1ccc(C(=O)O)cc1Cl. The molecule has 1 fully saturated rings. The van der Waals surface area contributed by atoms with Crippen molar-refractivity contribution in [2.24, 2.45) is 0 Å². The molecule has 1 aromatic rings. The average Bonchev–Trinajstić information content (AvgIpc) is 2.60. The first-order valence-corrected chi connectivity index (χ1v) is 7.38. The number of anilines is 1. The number of rotatable bonds is 3. The van der Waals surface area contributed by atoms with Gasteiger partial charge < -0.3 is 14.9 Å². The molecule has 0 aromatic heterocycles. The minimum absolute atomic E-state index is 0.235. The second-order valence-corrected chi connectivity index (χ2v) is 5.75. The number of carboxylic acid groups (broad SMARTS) is 1. The van der Waals surface area contributed by atoms with Gasteiger partial charge in [-0.2, -0.15) is 0 Å². The molecule has 1 N–H and O–H groups in total. The number of nitrogens with zero attached hydrogens (tertiary/aromatic N) is 2. The Kier molecular flexibility index (Phi) is 4.89.